The Balaban J connectivity index is 2.44. The predicted molar refractivity (Wildman–Crippen MR) is 71.9 cm³/mol. The Kier molecular flexibility index (Phi) is 3.51. The van der Waals surface area contributed by atoms with Crippen LogP contribution in [0, 0.1) is 0 Å². The second-order valence-electron chi connectivity index (χ2n) is 3.76. The largest absolute Gasteiger partial charge is 0.294 e. The third-order valence-electron chi connectivity index (χ3n) is 2.53. The van der Waals surface area contributed by atoms with Gasteiger partial charge in [-0.25, -0.2) is 0 Å². The summed E-state index contributed by atoms with van der Waals surface area (Å²) in [6.45, 7) is 1.50. The number of benzene rings is 2. The molecule has 0 aliphatic heterocycles. The SMILES string of the molecule is CC(=O)c1ccc(-c2ccc(Cl)cc2)cc1Cl. The maximum atomic E-state index is 11.3. The van der Waals surface area contributed by atoms with E-state index >= 15 is 0 Å². The van der Waals surface area contributed by atoms with Crippen LogP contribution in [0.25, 0.3) is 11.1 Å². The van der Waals surface area contributed by atoms with Crippen molar-refractivity contribution in [2.24, 2.45) is 0 Å². The Bertz CT molecular complexity index is 559. The van der Waals surface area contributed by atoms with Crippen LogP contribution in [0.15, 0.2) is 42.5 Å². The minimum absolute atomic E-state index is 0.0299. The van der Waals surface area contributed by atoms with E-state index < -0.39 is 0 Å². The smallest absolute Gasteiger partial charge is 0.161 e. The van der Waals surface area contributed by atoms with E-state index in [1.807, 2.05) is 30.3 Å². The fraction of sp³-hybridized carbons (Fsp3) is 0.0714. The summed E-state index contributed by atoms with van der Waals surface area (Å²) in [5, 5.41) is 1.17. The lowest BCUT2D eigenvalue weighted by molar-refractivity contribution is 0.101. The molecule has 3 heteroatoms. The molecule has 17 heavy (non-hydrogen) atoms. The summed E-state index contributed by atoms with van der Waals surface area (Å²) in [7, 11) is 0. The fourth-order valence-electron chi connectivity index (χ4n) is 1.62. The molecule has 86 valence electrons. The highest BCUT2D eigenvalue weighted by Crippen LogP contribution is 2.26. The lowest BCUT2D eigenvalue weighted by Crippen LogP contribution is -1.93. The molecule has 2 aromatic carbocycles. The molecule has 0 aromatic heterocycles. The summed E-state index contributed by atoms with van der Waals surface area (Å²) in [5.74, 6) is -0.0299. The van der Waals surface area contributed by atoms with Crippen molar-refractivity contribution in [2.45, 2.75) is 6.92 Å². The Hall–Kier alpha value is -1.31. The van der Waals surface area contributed by atoms with Crippen molar-refractivity contribution in [1.82, 2.24) is 0 Å². The minimum atomic E-state index is -0.0299. The summed E-state index contributed by atoms with van der Waals surface area (Å²) >= 11 is 11.9. The molecule has 0 aliphatic rings. The molecule has 0 radical (unpaired) electrons. The summed E-state index contributed by atoms with van der Waals surface area (Å²) in [6, 6.07) is 12.9. The van der Waals surface area contributed by atoms with Gasteiger partial charge in [-0.1, -0.05) is 41.4 Å². The summed E-state index contributed by atoms with van der Waals surface area (Å²) in [6.07, 6.45) is 0. The van der Waals surface area contributed by atoms with Crippen LogP contribution in [0.3, 0.4) is 0 Å². The maximum absolute atomic E-state index is 11.3. The molecule has 2 rings (SSSR count). The molecule has 0 fully saturated rings. The van der Waals surface area contributed by atoms with Gasteiger partial charge < -0.3 is 0 Å². The van der Waals surface area contributed by atoms with E-state index in [9.17, 15) is 4.79 Å². The predicted octanol–water partition coefficient (Wildman–Crippen LogP) is 4.86. The normalized spacial score (nSPS) is 10.3. The molecule has 0 saturated heterocycles. The highest BCUT2D eigenvalue weighted by Gasteiger charge is 2.07. The summed E-state index contributed by atoms with van der Waals surface area (Å²) in [4.78, 5) is 11.3. The van der Waals surface area contributed by atoms with Gasteiger partial charge >= 0.3 is 0 Å². The van der Waals surface area contributed by atoms with Gasteiger partial charge in [-0.05, 0) is 42.3 Å². The van der Waals surface area contributed by atoms with Crippen LogP contribution in [-0.4, -0.2) is 5.78 Å². The van der Waals surface area contributed by atoms with Crippen LogP contribution in [0.4, 0.5) is 0 Å². The zero-order chi connectivity index (χ0) is 12.4. The van der Waals surface area contributed by atoms with Gasteiger partial charge in [-0.15, -0.1) is 0 Å². The molecule has 1 nitrogen and oxygen atoms in total. The number of Topliss-reactive ketones (excluding diaryl/α,β-unsaturated/α-hetero) is 1. The van der Waals surface area contributed by atoms with E-state index in [0.717, 1.165) is 11.1 Å². The fourth-order valence-corrected chi connectivity index (χ4v) is 2.06. The number of rotatable bonds is 2. The number of hydrogen-bond donors (Lipinski definition) is 0. The van der Waals surface area contributed by atoms with Crippen LogP contribution in [-0.2, 0) is 0 Å². The molecular weight excluding hydrogens is 255 g/mol. The third kappa shape index (κ3) is 2.68. The Morgan fingerprint density at radius 2 is 1.53 bits per heavy atom. The van der Waals surface area contributed by atoms with Crippen molar-refractivity contribution in [3.8, 4) is 11.1 Å². The average molecular weight is 265 g/mol. The molecule has 2 aromatic rings. The van der Waals surface area contributed by atoms with Gasteiger partial charge in [-0.2, -0.15) is 0 Å². The van der Waals surface area contributed by atoms with Gasteiger partial charge in [-0.3, -0.25) is 4.79 Å². The first-order valence-corrected chi connectivity index (χ1v) is 5.90. The molecule has 0 amide bonds. The van der Waals surface area contributed by atoms with Crippen molar-refractivity contribution in [3.05, 3.63) is 58.1 Å². The molecule has 0 saturated carbocycles. The molecule has 0 unspecified atom stereocenters. The molecule has 0 spiro atoms. The second kappa shape index (κ2) is 4.91. The second-order valence-corrected chi connectivity index (χ2v) is 4.60. The quantitative estimate of drug-likeness (QED) is 0.708. The third-order valence-corrected chi connectivity index (χ3v) is 3.09. The molecule has 0 bridgehead atoms. The molecule has 0 atom stereocenters. The summed E-state index contributed by atoms with van der Waals surface area (Å²) in [5.41, 5.74) is 2.53. The van der Waals surface area contributed by atoms with Crippen molar-refractivity contribution >= 4 is 29.0 Å². The average Bonchev–Trinajstić information content (AvgIpc) is 2.29. The van der Waals surface area contributed by atoms with Crippen molar-refractivity contribution in [2.75, 3.05) is 0 Å². The Labute approximate surface area is 110 Å². The minimum Gasteiger partial charge on any atom is -0.294 e. The summed E-state index contributed by atoms with van der Waals surface area (Å²) < 4.78 is 0. The van der Waals surface area contributed by atoms with E-state index in [1.165, 1.54) is 6.92 Å². The number of hydrogen-bond acceptors (Lipinski definition) is 1. The first kappa shape index (κ1) is 12.2. The standard InChI is InChI=1S/C14H10Cl2O/c1-9(17)13-7-4-11(8-14(13)16)10-2-5-12(15)6-3-10/h2-8H,1H3. The van der Waals surface area contributed by atoms with E-state index in [1.54, 1.807) is 12.1 Å². The first-order valence-electron chi connectivity index (χ1n) is 5.14. The number of ketones is 1. The van der Waals surface area contributed by atoms with Gasteiger partial charge in [0.25, 0.3) is 0 Å². The van der Waals surface area contributed by atoms with Gasteiger partial charge in [0, 0.05) is 10.6 Å². The Morgan fingerprint density at radius 1 is 0.941 bits per heavy atom. The number of halogens is 2. The van der Waals surface area contributed by atoms with Crippen molar-refractivity contribution in [3.63, 3.8) is 0 Å². The maximum Gasteiger partial charge on any atom is 0.161 e. The molecule has 0 heterocycles. The zero-order valence-electron chi connectivity index (χ0n) is 9.21. The van der Waals surface area contributed by atoms with Crippen molar-refractivity contribution in [1.29, 1.82) is 0 Å². The van der Waals surface area contributed by atoms with Crippen LogP contribution in [0.5, 0.6) is 0 Å². The number of carbonyl (C=O) groups is 1. The first-order chi connectivity index (χ1) is 8.08. The topological polar surface area (TPSA) is 17.1 Å². The van der Waals surface area contributed by atoms with E-state index in [-0.39, 0.29) is 5.78 Å². The van der Waals surface area contributed by atoms with Crippen LogP contribution in [0.2, 0.25) is 10.0 Å². The van der Waals surface area contributed by atoms with Crippen molar-refractivity contribution < 1.29 is 4.79 Å². The van der Waals surface area contributed by atoms with Crippen LogP contribution in [0.1, 0.15) is 17.3 Å². The van der Waals surface area contributed by atoms with Gasteiger partial charge in [0.2, 0.25) is 0 Å². The lowest BCUT2D eigenvalue weighted by Gasteiger charge is -2.05. The van der Waals surface area contributed by atoms with Crippen LogP contribution >= 0.6 is 23.2 Å². The van der Waals surface area contributed by atoms with Gasteiger partial charge in [0.1, 0.15) is 0 Å². The van der Waals surface area contributed by atoms with Crippen LogP contribution < -0.4 is 0 Å². The zero-order valence-corrected chi connectivity index (χ0v) is 10.7. The molecule has 0 N–H and O–H groups in total. The monoisotopic (exact) mass is 264 g/mol. The highest BCUT2D eigenvalue weighted by atomic mass is 35.5. The van der Waals surface area contributed by atoms with Gasteiger partial charge in [0.05, 0.1) is 5.02 Å². The number of carbonyl (C=O) groups excluding carboxylic acids is 1. The van der Waals surface area contributed by atoms with E-state index in [2.05, 4.69) is 0 Å². The Morgan fingerprint density at radius 3 is 2.06 bits per heavy atom. The molecule has 0 aliphatic carbocycles. The van der Waals surface area contributed by atoms with E-state index in [0.29, 0.717) is 15.6 Å². The van der Waals surface area contributed by atoms with E-state index in [4.69, 9.17) is 23.2 Å². The lowest BCUT2D eigenvalue weighted by atomic mass is 10.0. The highest BCUT2D eigenvalue weighted by molar-refractivity contribution is 6.34. The molecular formula is C14H10Cl2O. The van der Waals surface area contributed by atoms with Gasteiger partial charge in [0.15, 0.2) is 5.78 Å².